The second-order valence-electron chi connectivity index (χ2n) is 10.4. The quantitative estimate of drug-likeness (QED) is 0.482. The summed E-state index contributed by atoms with van der Waals surface area (Å²) < 4.78 is 5.79. The molecule has 1 unspecified atom stereocenters. The van der Waals surface area contributed by atoms with Crippen LogP contribution >= 0.6 is 0 Å². The average Bonchev–Trinajstić information content (AvgIpc) is 3.09. The van der Waals surface area contributed by atoms with E-state index in [1.54, 1.807) is 0 Å². The zero-order chi connectivity index (χ0) is 26.5. The molecule has 1 fully saturated rings. The topological polar surface area (TPSA) is 105 Å². The molecule has 0 bridgehead atoms. The van der Waals surface area contributed by atoms with Crippen molar-refractivity contribution < 1.29 is 18.8 Å². The Hall–Kier alpha value is -3.52. The van der Waals surface area contributed by atoms with Gasteiger partial charge in [-0.3, -0.25) is 24.3 Å². The number of fused-ring (bicyclic) bond motifs is 1. The number of nitrogens with one attached hydrogen (secondary N) is 2. The van der Waals surface area contributed by atoms with E-state index in [4.69, 9.17) is 4.42 Å². The third-order valence-electron chi connectivity index (χ3n) is 6.76. The highest BCUT2D eigenvalue weighted by Gasteiger charge is 2.31. The normalized spacial score (nSPS) is 17.5. The minimum atomic E-state index is -0.774. The second-order valence-corrected chi connectivity index (χ2v) is 10.4. The van der Waals surface area contributed by atoms with Crippen LogP contribution in [0.2, 0.25) is 0 Å². The number of hydrogen-bond acceptors (Lipinski definition) is 6. The smallest absolute Gasteiger partial charge is 0.287 e. The van der Waals surface area contributed by atoms with Crippen LogP contribution in [-0.2, 0) is 16.1 Å². The lowest BCUT2D eigenvalue weighted by molar-refractivity contribution is -0.129. The highest BCUT2D eigenvalue weighted by Crippen LogP contribution is 2.25. The molecular weight excluding hydrogens is 468 g/mol. The van der Waals surface area contributed by atoms with Crippen molar-refractivity contribution in [2.75, 3.05) is 13.1 Å². The molecule has 1 aliphatic rings. The van der Waals surface area contributed by atoms with Crippen molar-refractivity contribution in [3.63, 3.8) is 0 Å². The van der Waals surface area contributed by atoms with Crippen LogP contribution in [0.1, 0.15) is 60.6 Å². The SMILES string of the molecule is Cc1cccc(CN2CCCC(NC(=O)[C@H](CC(C)C)NC(=O)c3oc4ccccc4c3C)C(=O)C2)n1. The van der Waals surface area contributed by atoms with Gasteiger partial charge in [0.25, 0.3) is 5.91 Å². The van der Waals surface area contributed by atoms with E-state index in [-0.39, 0.29) is 29.9 Å². The largest absolute Gasteiger partial charge is 0.451 e. The summed E-state index contributed by atoms with van der Waals surface area (Å²) in [6.45, 7) is 9.37. The standard InChI is InChI=1S/C29H36N4O4/c1-18(2)15-24(32-29(36)27-20(4)22-11-5-6-13-26(22)37-27)28(35)31-23-12-8-14-33(17-25(23)34)16-21-10-7-9-19(3)30-21/h5-7,9-11,13,18,23-24H,8,12,14-17H2,1-4H3,(H,31,35)(H,32,36)/t23?,24-/m0/s1. The van der Waals surface area contributed by atoms with E-state index in [0.717, 1.165) is 35.3 Å². The lowest BCUT2D eigenvalue weighted by Crippen LogP contribution is -2.52. The average molecular weight is 505 g/mol. The second kappa shape index (κ2) is 11.7. The Morgan fingerprint density at radius 2 is 1.92 bits per heavy atom. The van der Waals surface area contributed by atoms with Crippen molar-refractivity contribution in [3.8, 4) is 0 Å². The maximum Gasteiger partial charge on any atom is 0.287 e. The van der Waals surface area contributed by atoms with Crippen molar-refractivity contribution >= 4 is 28.6 Å². The first-order valence-corrected chi connectivity index (χ1v) is 13.0. The Labute approximate surface area is 217 Å². The predicted molar refractivity (Wildman–Crippen MR) is 142 cm³/mol. The number of hydrogen-bond donors (Lipinski definition) is 2. The Bertz CT molecular complexity index is 1280. The molecule has 0 aliphatic carbocycles. The fourth-order valence-corrected chi connectivity index (χ4v) is 4.88. The minimum Gasteiger partial charge on any atom is -0.451 e. The van der Waals surface area contributed by atoms with Gasteiger partial charge in [-0.15, -0.1) is 0 Å². The Morgan fingerprint density at radius 1 is 1.14 bits per heavy atom. The first kappa shape index (κ1) is 26.5. The molecule has 0 radical (unpaired) electrons. The van der Waals surface area contributed by atoms with Gasteiger partial charge in [-0.05, 0) is 63.8 Å². The van der Waals surface area contributed by atoms with E-state index in [0.29, 0.717) is 25.0 Å². The highest BCUT2D eigenvalue weighted by molar-refractivity contribution is 6.01. The number of pyridine rings is 1. The molecule has 2 N–H and O–H groups in total. The van der Waals surface area contributed by atoms with Crippen molar-refractivity contribution in [3.05, 3.63) is 65.2 Å². The summed E-state index contributed by atoms with van der Waals surface area (Å²) in [5, 5.41) is 6.66. The summed E-state index contributed by atoms with van der Waals surface area (Å²) in [7, 11) is 0. The molecule has 2 atom stereocenters. The van der Waals surface area contributed by atoms with E-state index >= 15 is 0 Å². The monoisotopic (exact) mass is 504 g/mol. The van der Waals surface area contributed by atoms with E-state index in [1.807, 2.05) is 70.2 Å². The summed E-state index contributed by atoms with van der Waals surface area (Å²) in [4.78, 5) is 46.1. The van der Waals surface area contributed by atoms with Crippen LogP contribution in [0, 0.1) is 19.8 Å². The van der Waals surface area contributed by atoms with Gasteiger partial charge in [0.15, 0.2) is 11.5 Å². The third-order valence-corrected chi connectivity index (χ3v) is 6.76. The van der Waals surface area contributed by atoms with Crippen LogP contribution < -0.4 is 10.6 Å². The maximum absolute atomic E-state index is 13.3. The lowest BCUT2D eigenvalue weighted by atomic mass is 10.0. The molecule has 8 heteroatoms. The van der Waals surface area contributed by atoms with Crippen LogP contribution in [0.15, 0.2) is 46.9 Å². The number of ketones is 1. The maximum atomic E-state index is 13.3. The molecule has 0 spiro atoms. The van der Waals surface area contributed by atoms with Crippen molar-refractivity contribution in [2.45, 2.75) is 65.6 Å². The first-order valence-electron chi connectivity index (χ1n) is 13.0. The third kappa shape index (κ3) is 6.63. The van der Waals surface area contributed by atoms with Gasteiger partial charge in [0.1, 0.15) is 11.6 Å². The molecule has 0 saturated carbocycles. The zero-order valence-corrected chi connectivity index (χ0v) is 22.0. The van der Waals surface area contributed by atoms with Gasteiger partial charge in [0.05, 0.1) is 18.3 Å². The number of rotatable bonds is 8. The lowest BCUT2D eigenvalue weighted by Gasteiger charge is -2.23. The van der Waals surface area contributed by atoms with Crippen LogP contribution in [0.3, 0.4) is 0 Å². The summed E-state index contributed by atoms with van der Waals surface area (Å²) in [5.41, 5.74) is 3.24. The number of likely N-dealkylation sites (tertiary alicyclic amines) is 1. The molecule has 1 aliphatic heterocycles. The molecule has 4 rings (SSSR count). The number of aryl methyl sites for hydroxylation is 2. The van der Waals surface area contributed by atoms with E-state index in [1.165, 1.54) is 0 Å². The molecule has 1 saturated heterocycles. The number of amides is 2. The number of nitrogens with zero attached hydrogens (tertiary/aromatic N) is 2. The molecule has 37 heavy (non-hydrogen) atoms. The molecular formula is C29H36N4O4. The van der Waals surface area contributed by atoms with Crippen LogP contribution in [0.25, 0.3) is 11.0 Å². The molecule has 196 valence electrons. The van der Waals surface area contributed by atoms with Gasteiger partial charge in [0, 0.05) is 23.2 Å². The minimum absolute atomic E-state index is 0.0266. The Balaban J connectivity index is 1.41. The molecule has 2 amide bonds. The number of benzene rings is 1. The van der Waals surface area contributed by atoms with Crippen molar-refractivity contribution in [1.29, 1.82) is 0 Å². The van der Waals surface area contributed by atoms with Gasteiger partial charge in [-0.2, -0.15) is 0 Å². The summed E-state index contributed by atoms with van der Waals surface area (Å²) in [6, 6.07) is 12.0. The van der Waals surface area contributed by atoms with Crippen molar-refractivity contribution in [2.24, 2.45) is 5.92 Å². The fraction of sp³-hybridized carbons (Fsp3) is 0.448. The summed E-state index contributed by atoms with van der Waals surface area (Å²) >= 11 is 0. The summed E-state index contributed by atoms with van der Waals surface area (Å²) in [6.07, 6.45) is 1.79. The number of carbonyl (C=O) groups excluding carboxylic acids is 3. The van der Waals surface area contributed by atoms with Crippen LogP contribution in [-0.4, -0.2) is 52.7 Å². The number of para-hydroxylation sites is 1. The number of furan rings is 1. The first-order chi connectivity index (χ1) is 17.7. The number of carbonyl (C=O) groups is 3. The number of Topliss-reactive ketones (excluding diaryl/α,β-unsaturated/α-hetero) is 1. The predicted octanol–water partition coefficient (Wildman–Crippen LogP) is 3.94. The molecule has 2 aromatic heterocycles. The molecule has 3 aromatic rings. The van der Waals surface area contributed by atoms with Gasteiger partial charge >= 0.3 is 0 Å². The molecule has 1 aromatic carbocycles. The Kier molecular flexibility index (Phi) is 8.38. The Morgan fingerprint density at radius 3 is 2.65 bits per heavy atom. The summed E-state index contributed by atoms with van der Waals surface area (Å²) in [5.74, 6) is -0.439. The van der Waals surface area contributed by atoms with E-state index in [9.17, 15) is 14.4 Å². The fourth-order valence-electron chi connectivity index (χ4n) is 4.88. The highest BCUT2D eigenvalue weighted by atomic mass is 16.3. The van der Waals surface area contributed by atoms with E-state index < -0.39 is 18.0 Å². The van der Waals surface area contributed by atoms with Gasteiger partial charge in [-0.1, -0.05) is 38.1 Å². The zero-order valence-electron chi connectivity index (χ0n) is 22.0. The van der Waals surface area contributed by atoms with Gasteiger partial charge in [0.2, 0.25) is 5.91 Å². The van der Waals surface area contributed by atoms with Crippen LogP contribution in [0.4, 0.5) is 0 Å². The van der Waals surface area contributed by atoms with Crippen LogP contribution in [0.5, 0.6) is 0 Å². The molecule has 3 heterocycles. The number of aromatic nitrogens is 1. The van der Waals surface area contributed by atoms with Crippen molar-refractivity contribution in [1.82, 2.24) is 20.5 Å². The molecule has 8 nitrogen and oxygen atoms in total. The van der Waals surface area contributed by atoms with Gasteiger partial charge < -0.3 is 15.1 Å². The van der Waals surface area contributed by atoms with E-state index in [2.05, 4.69) is 20.5 Å². The van der Waals surface area contributed by atoms with Gasteiger partial charge in [-0.25, -0.2) is 0 Å².